The SMILES string of the molecule is Cc1ccc(CNCc2cccc(OCCN(C)C3CCOCC3)c2)c(C)c1. The summed E-state index contributed by atoms with van der Waals surface area (Å²) in [6.07, 6.45) is 2.25. The number of benzene rings is 2. The Labute approximate surface area is 169 Å². The zero-order valence-electron chi connectivity index (χ0n) is 17.5. The van der Waals surface area contributed by atoms with Crippen molar-refractivity contribution in [2.24, 2.45) is 0 Å². The topological polar surface area (TPSA) is 33.7 Å². The Bertz CT molecular complexity index is 741. The van der Waals surface area contributed by atoms with Crippen LogP contribution in [0.1, 0.15) is 35.1 Å². The molecule has 0 radical (unpaired) electrons. The highest BCUT2D eigenvalue weighted by Gasteiger charge is 2.17. The van der Waals surface area contributed by atoms with Crippen molar-refractivity contribution < 1.29 is 9.47 Å². The number of nitrogens with zero attached hydrogens (tertiary/aromatic N) is 1. The van der Waals surface area contributed by atoms with E-state index in [0.29, 0.717) is 12.6 Å². The van der Waals surface area contributed by atoms with Gasteiger partial charge in [0.15, 0.2) is 0 Å². The molecule has 0 spiro atoms. The molecular weight excluding hydrogens is 348 g/mol. The highest BCUT2D eigenvalue weighted by Crippen LogP contribution is 2.16. The first-order valence-electron chi connectivity index (χ1n) is 10.4. The van der Waals surface area contributed by atoms with Crippen molar-refractivity contribution in [2.45, 2.75) is 45.8 Å². The lowest BCUT2D eigenvalue weighted by Gasteiger charge is -2.31. The zero-order chi connectivity index (χ0) is 19.8. The van der Waals surface area contributed by atoms with Crippen LogP contribution in [0.2, 0.25) is 0 Å². The van der Waals surface area contributed by atoms with Crippen LogP contribution in [-0.4, -0.2) is 44.4 Å². The van der Waals surface area contributed by atoms with Gasteiger partial charge in [-0.05, 0) is 62.6 Å². The molecule has 0 bridgehead atoms. The van der Waals surface area contributed by atoms with Crippen LogP contribution in [0.25, 0.3) is 0 Å². The van der Waals surface area contributed by atoms with Gasteiger partial charge in [-0.3, -0.25) is 4.90 Å². The van der Waals surface area contributed by atoms with Gasteiger partial charge in [0.1, 0.15) is 12.4 Å². The van der Waals surface area contributed by atoms with E-state index >= 15 is 0 Å². The molecule has 1 aliphatic rings. The largest absolute Gasteiger partial charge is 0.492 e. The summed E-state index contributed by atoms with van der Waals surface area (Å²) in [7, 11) is 2.19. The van der Waals surface area contributed by atoms with E-state index in [-0.39, 0.29) is 0 Å². The summed E-state index contributed by atoms with van der Waals surface area (Å²) in [5, 5.41) is 3.55. The molecule has 0 aromatic heterocycles. The average molecular weight is 383 g/mol. The second kappa shape index (κ2) is 10.6. The third-order valence-corrected chi connectivity index (χ3v) is 5.57. The first-order chi connectivity index (χ1) is 13.6. The Kier molecular flexibility index (Phi) is 7.90. The predicted octanol–water partition coefficient (Wildman–Crippen LogP) is 4.08. The number of rotatable bonds is 9. The van der Waals surface area contributed by atoms with Gasteiger partial charge in [0.05, 0.1) is 0 Å². The molecule has 0 saturated carbocycles. The first kappa shape index (κ1) is 20.8. The number of likely N-dealkylation sites (N-methyl/N-ethyl adjacent to an activating group) is 1. The summed E-state index contributed by atoms with van der Waals surface area (Å²) in [4.78, 5) is 2.40. The molecule has 3 rings (SSSR count). The molecule has 1 fully saturated rings. The second-order valence-electron chi connectivity index (χ2n) is 7.85. The minimum atomic E-state index is 0.623. The maximum Gasteiger partial charge on any atom is 0.119 e. The van der Waals surface area contributed by atoms with Gasteiger partial charge in [0.25, 0.3) is 0 Å². The lowest BCUT2D eigenvalue weighted by atomic mass is 10.1. The number of aryl methyl sites for hydroxylation is 2. The van der Waals surface area contributed by atoms with Crippen molar-refractivity contribution in [1.29, 1.82) is 0 Å². The van der Waals surface area contributed by atoms with E-state index in [1.54, 1.807) is 0 Å². The maximum atomic E-state index is 6.00. The standard InChI is InChI=1S/C24H34N2O2/c1-19-7-8-22(20(2)15-19)18-25-17-21-5-4-6-24(16-21)28-14-11-26(3)23-9-12-27-13-10-23/h4-8,15-16,23,25H,9-14,17-18H2,1-3H3. The molecule has 0 amide bonds. The van der Waals surface area contributed by atoms with Crippen LogP contribution in [-0.2, 0) is 17.8 Å². The fourth-order valence-corrected chi connectivity index (χ4v) is 3.75. The molecule has 1 heterocycles. The van der Waals surface area contributed by atoms with E-state index in [0.717, 1.165) is 51.4 Å². The summed E-state index contributed by atoms with van der Waals surface area (Å²) in [6.45, 7) is 9.46. The van der Waals surface area contributed by atoms with E-state index in [9.17, 15) is 0 Å². The molecule has 2 aromatic carbocycles. The lowest BCUT2D eigenvalue weighted by Crippen LogP contribution is -2.38. The summed E-state index contributed by atoms with van der Waals surface area (Å²) >= 11 is 0. The van der Waals surface area contributed by atoms with Crippen LogP contribution in [0.4, 0.5) is 0 Å². The Morgan fingerprint density at radius 1 is 1.07 bits per heavy atom. The molecule has 2 aromatic rings. The minimum Gasteiger partial charge on any atom is -0.492 e. The van der Waals surface area contributed by atoms with Crippen molar-refractivity contribution in [1.82, 2.24) is 10.2 Å². The van der Waals surface area contributed by atoms with Crippen LogP contribution in [0.5, 0.6) is 5.75 Å². The van der Waals surface area contributed by atoms with Crippen molar-refractivity contribution in [3.05, 3.63) is 64.7 Å². The van der Waals surface area contributed by atoms with Gasteiger partial charge in [-0.15, -0.1) is 0 Å². The monoisotopic (exact) mass is 382 g/mol. The number of ether oxygens (including phenoxy) is 2. The van der Waals surface area contributed by atoms with Gasteiger partial charge in [-0.1, -0.05) is 35.9 Å². The van der Waals surface area contributed by atoms with Crippen LogP contribution in [0, 0.1) is 13.8 Å². The molecule has 0 atom stereocenters. The molecule has 1 N–H and O–H groups in total. The second-order valence-corrected chi connectivity index (χ2v) is 7.85. The van der Waals surface area contributed by atoms with Gasteiger partial charge in [-0.2, -0.15) is 0 Å². The van der Waals surface area contributed by atoms with Crippen molar-refractivity contribution in [3.63, 3.8) is 0 Å². The van der Waals surface area contributed by atoms with E-state index < -0.39 is 0 Å². The highest BCUT2D eigenvalue weighted by molar-refractivity contribution is 5.31. The van der Waals surface area contributed by atoms with Gasteiger partial charge < -0.3 is 14.8 Å². The van der Waals surface area contributed by atoms with Gasteiger partial charge in [0.2, 0.25) is 0 Å². The van der Waals surface area contributed by atoms with Gasteiger partial charge in [-0.25, -0.2) is 0 Å². The van der Waals surface area contributed by atoms with Crippen LogP contribution in [0.15, 0.2) is 42.5 Å². The number of hydrogen-bond acceptors (Lipinski definition) is 4. The molecular formula is C24H34N2O2. The fraction of sp³-hybridized carbons (Fsp3) is 0.500. The Morgan fingerprint density at radius 3 is 2.68 bits per heavy atom. The molecule has 4 heteroatoms. The Morgan fingerprint density at radius 2 is 1.89 bits per heavy atom. The fourth-order valence-electron chi connectivity index (χ4n) is 3.75. The third-order valence-electron chi connectivity index (χ3n) is 5.57. The Hall–Kier alpha value is -1.88. The zero-order valence-corrected chi connectivity index (χ0v) is 17.5. The Balaban J connectivity index is 1.42. The van der Waals surface area contributed by atoms with E-state index in [1.165, 1.54) is 22.3 Å². The lowest BCUT2D eigenvalue weighted by molar-refractivity contribution is 0.0392. The quantitative estimate of drug-likeness (QED) is 0.708. The normalized spacial score (nSPS) is 15.1. The van der Waals surface area contributed by atoms with Crippen LogP contribution >= 0.6 is 0 Å². The van der Waals surface area contributed by atoms with Crippen molar-refractivity contribution >= 4 is 0 Å². The van der Waals surface area contributed by atoms with Crippen LogP contribution < -0.4 is 10.1 Å². The molecule has 28 heavy (non-hydrogen) atoms. The summed E-state index contributed by atoms with van der Waals surface area (Å²) in [5.41, 5.74) is 5.26. The van der Waals surface area contributed by atoms with E-state index in [4.69, 9.17) is 9.47 Å². The van der Waals surface area contributed by atoms with Crippen molar-refractivity contribution in [3.8, 4) is 5.75 Å². The molecule has 152 valence electrons. The summed E-state index contributed by atoms with van der Waals surface area (Å²) in [5.74, 6) is 0.950. The average Bonchev–Trinajstić information content (AvgIpc) is 2.70. The number of hydrogen-bond donors (Lipinski definition) is 1. The van der Waals surface area contributed by atoms with Crippen molar-refractivity contribution in [2.75, 3.05) is 33.4 Å². The van der Waals surface area contributed by atoms with Gasteiger partial charge in [0, 0.05) is 38.9 Å². The van der Waals surface area contributed by atoms with E-state index in [1.807, 2.05) is 6.07 Å². The number of nitrogens with one attached hydrogen (secondary N) is 1. The molecule has 1 aliphatic heterocycles. The summed E-state index contributed by atoms with van der Waals surface area (Å²) < 4.78 is 11.4. The molecule has 4 nitrogen and oxygen atoms in total. The predicted molar refractivity (Wildman–Crippen MR) is 115 cm³/mol. The summed E-state index contributed by atoms with van der Waals surface area (Å²) in [6, 6.07) is 15.7. The maximum absolute atomic E-state index is 6.00. The smallest absolute Gasteiger partial charge is 0.119 e. The molecule has 0 aliphatic carbocycles. The minimum absolute atomic E-state index is 0.623. The van der Waals surface area contributed by atoms with Gasteiger partial charge >= 0.3 is 0 Å². The third kappa shape index (κ3) is 6.33. The highest BCUT2D eigenvalue weighted by atomic mass is 16.5. The first-order valence-corrected chi connectivity index (χ1v) is 10.4. The van der Waals surface area contributed by atoms with E-state index in [2.05, 4.69) is 67.5 Å². The molecule has 0 unspecified atom stereocenters. The molecule has 1 saturated heterocycles. The van der Waals surface area contributed by atoms with Crippen LogP contribution in [0.3, 0.4) is 0 Å².